The Labute approximate surface area is 115 Å². The predicted molar refractivity (Wildman–Crippen MR) is 79.3 cm³/mol. The molecule has 0 aliphatic carbocycles. The van der Waals surface area contributed by atoms with Crippen LogP contribution in [0.15, 0.2) is 36.7 Å². The van der Waals surface area contributed by atoms with Crippen molar-refractivity contribution in [2.24, 2.45) is 7.05 Å². The minimum Gasteiger partial charge on any atom is -0.314 e. The first kappa shape index (κ1) is 13.8. The summed E-state index contributed by atoms with van der Waals surface area (Å²) in [5.41, 5.74) is 4.02. The van der Waals surface area contributed by atoms with E-state index in [2.05, 4.69) is 54.7 Å². The van der Waals surface area contributed by atoms with Crippen molar-refractivity contribution >= 4 is 0 Å². The van der Waals surface area contributed by atoms with Gasteiger partial charge in [-0.2, -0.15) is 5.10 Å². The third kappa shape index (κ3) is 4.21. The quantitative estimate of drug-likeness (QED) is 0.861. The smallest absolute Gasteiger partial charge is 0.0522 e. The van der Waals surface area contributed by atoms with Gasteiger partial charge in [-0.25, -0.2) is 0 Å². The van der Waals surface area contributed by atoms with Crippen molar-refractivity contribution in [3.63, 3.8) is 0 Å². The van der Waals surface area contributed by atoms with Crippen molar-refractivity contribution in [3.8, 4) is 0 Å². The fourth-order valence-electron chi connectivity index (χ4n) is 2.49. The van der Waals surface area contributed by atoms with Crippen molar-refractivity contribution in [1.82, 2.24) is 15.1 Å². The van der Waals surface area contributed by atoms with Crippen LogP contribution in [0.3, 0.4) is 0 Å². The number of nitrogens with one attached hydrogen (secondary N) is 1. The van der Waals surface area contributed by atoms with Gasteiger partial charge in [-0.3, -0.25) is 4.68 Å². The number of hydrogen-bond acceptors (Lipinski definition) is 2. The normalized spacial score (nSPS) is 12.6. The zero-order chi connectivity index (χ0) is 13.7. The van der Waals surface area contributed by atoms with Crippen LogP contribution < -0.4 is 5.32 Å². The van der Waals surface area contributed by atoms with Crippen molar-refractivity contribution in [2.45, 2.75) is 32.7 Å². The van der Waals surface area contributed by atoms with E-state index in [4.69, 9.17) is 0 Å². The molecule has 0 saturated carbocycles. The van der Waals surface area contributed by atoms with Gasteiger partial charge >= 0.3 is 0 Å². The Morgan fingerprint density at radius 2 is 2.05 bits per heavy atom. The molecule has 3 nitrogen and oxygen atoms in total. The van der Waals surface area contributed by atoms with Gasteiger partial charge in [-0.1, -0.05) is 36.8 Å². The minimum atomic E-state index is 0.469. The van der Waals surface area contributed by atoms with Crippen LogP contribution in [0, 0.1) is 6.92 Å². The molecule has 0 fully saturated rings. The lowest BCUT2D eigenvalue weighted by Crippen LogP contribution is -2.33. The van der Waals surface area contributed by atoms with Crippen LogP contribution in [0.25, 0.3) is 0 Å². The molecule has 1 atom stereocenters. The Balaban J connectivity index is 2.03. The molecule has 3 heteroatoms. The highest BCUT2D eigenvalue weighted by atomic mass is 15.2. The predicted octanol–water partition coefficient (Wildman–Crippen LogP) is 2.49. The highest BCUT2D eigenvalue weighted by Gasteiger charge is 2.10. The maximum absolute atomic E-state index is 4.24. The molecule has 0 amide bonds. The Hall–Kier alpha value is -1.61. The van der Waals surface area contributed by atoms with Gasteiger partial charge in [0.1, 0.15) is 0 Å². The number of aryl methyl sites for hydroxylation is 2. The molecule has 102 valence electrons. The monoisotopic (exact) mass is 257 g/mol. The molecule has 1 aromatic carbocycles. The van der Waals surface area contributed by atoms with E-state index in [9.17, 15) is 0 Å². The van der Waals surface area contributed by atoms with Crippen LogP contribution in [0.5, 0.6) is 0 Å². The average Bonchev–Trinajstić information content (AvgIpc) is 2.75. The first-order valence-electron chi connectivity index (χ1n) is 6.94. The van der Waals surface area contributed by atoms with Crippen LogP contribution >= 0.6 is 0 Å². The lowest BCUT2D eigenvalue weighted by Gasteiger charge is -2.17. The van der Waals surface area contributed by atoms with Crippen LogP contribution in [-0.2, 0) is 19.9 Å². The second-order valence-corrected chi connectivity index (χ2v) is 5.17. The fourth-order valence-corrected chi connectivity index (χ4v) is 2.49. The van der Waals surface area contributed by atoms with Crippen LogP contribution in [0.1, 0.15) is 23.6 Å². The van der Waals surface area contributed by atoms with Crippen molar-refractivity contribution in [1.29, 1.82) is 0 Å². The molecule has 0 aliphatic rings. The molecule has 0 radical (unpaired) electrons. The molecule has 0 aliphatic heterocycles. The summed E-state index contributed by atoms with van der Waals surface area (Å²) in [4.78, 5) is 0. The van der Waals surface area contributed by atoms with E-state index in [-0.39, 0.29) is 0 Å². The maximum atomic E-state index is 4.24. The van der Waals surface area contributed by atoms with Crippen LogP contribution in [-0.4, -0.2) is 22.4 Å². The molecule has 0 bridgehead atoms. The Kier molecular flexibility index (Phi) is 4.74. The third-order valence-electron chi connectivity index (χ3n) is 3.30. The molecule has 1 unspecified atom stereocenters. The van der Waals surface area contributed by atoms with Crippen molar-refractivity contribution in [3.05, 3.63) is 53.3 Å². The third-order valence-corrected chi connectivity index (χ3v) is 3.30. The highest BCUT2D eigenvalue weighted by molar-refractivity contribution is 5.23. The summed E-state index contributed by atoms with van der Waals surface area (Å²) >= 11 is 0. The Morgan fingerprint density at radius 1 is 1.26 bits per heavy atom. The van der Waals surface area contributed by atoms with Gasteiger partial charge < -0.3 is 5.32 Å². The number of hydrogen-bond donors (Lipinski definition) is 1. The summed E-state index contributed by atoms with van der Waals surface area (Å²) in [6, 6.07) is 9.23. The van der Waals surface area contributed by atoms with Crippen molar-refractivity contribution in [2.75, 3.05) is 6.54 Å². The maximum Gasteiger partial charge on any atom is 0.0522 e. The van der Waals surface area contributed by atoms with Gasteiger partial charge in [0, 0.05) is 19.3 Å². The lowest BCUT2D eigenvalue weighted by atomic mass is 9.99. The van der Waals surface area contributed by atoms with Gasteiger partial charge in [-0.05, 0) is 37.4 Å². The first-order chi connectivity index (χ1) is 9.17. The molecular weight excluding hydrogens is 234 g/mol. The Morgan fingerprint density at radius 3 is 2.68 bits per heavy atom. The van der Waals surface area contributed by atoms with E-state index >= 15 is 0 Å². The van der Waals surface area contributed by atoms with Crippen LogP contribution in [0.2, 0.25) is 0 Å². The zero-order valence-corrected chi connectivity index (χ0v) is 12.1. The first-order valence-corrected chi connectivity index (χ1v) is 6.94. The molecule has 2 rings (SSSR count). The number of rotatable bonds is 6. The van der Waals surface area contributed by atoms with E-state index in [1.165, 1.54) is 16.7 Å². The molecule has 0 saturated heterocycles. The van der Waals surface area contributed by atoms with E-state index in [0.29, 0.717) is 6.04 Å². The zero-order valence-electron chi connectivity index (χ0n) is 12.1. The summed E-state index contributed by atoms with van der Waals surface area (Å²) in [5, 5.41) is 7.81. The van der Waals surface area contributed by atoms with Crippen LogP contribution in [0.4, 0.5) is 0 Å². The summed E-state index contributed by atoms with van der Waals surface area (Å²) in [5.74, 6) is 0. The standard InChI is InChI=1S/C16H23N3/c1-4-17-16(10-15-11-18-19(3)12-15)9-14-7-5-6-13(2)8-14/h5-8,11-12,16-17H,4,9-10H2,1-3H3. The highest BCUT2D eigenvalue weighted by Crippen LogP contribution is 2.10. The molecule has 1 N–H and O–H groups in total. The van der Waals surface area contributed by atoms with Gasteiger partial charge in [0.15, 0.2) is 0 Å². The number of likely N-dealkylation sites (N-methyl/N-ethyl adjacent to an activating group) is 1. The SMILES string of the molecule is CCNC(Cc1cccc(C)c1)Cc1cnn(C)c1. The number of aromatic nitrogens is 2. The topological polar surface area (TPSA) is 29.9 Å². The van der Waals surface area contributed by atoms with E-state index < -0.39 is 0 Å². The van der Waals surface area contributed by atoms with Crippen molar-refractivity contribution < 1.29 is 0 Å². The van der Waals surface area contributed by atoms with Gasteiger partial charge in [0.05, 0.1) is 6.20 Å². The van der Waals surface area contributed by atoms with Gasteiger partial charge in [0.2, 0.25) is 0 Å². The Bertz CT molecular complexity index is 516. The fraction of sp³-hybridized carbons (Fsp3) is 0.438. The number of benzene rings is 1. The molecule has 19 heavy (non-hydrogen) atoms. The van der Waals surface area contributed by atoms with E-state index in [0.717, 1.165) is 19.4 Å². The summed E-state index contributed by atoms with van der Waals surface area (Å²) in [6.45, 7) is 5.30. The minimum absolute atomic E-state index is 0.469. The molecule has 2 aromatic rings. The van der Waals surface area contributed by atoms with Gasteiger partial charge in [-0.15, -0.1) is 0 Å². The average molecular weight is 257 g/mol. The molecule has 0 spiro atoms. The van der Waals surface area contributed by atoms with Gasteiger partial charge in [0.25, 0.3) is 0 Å². The second kappa shape index (κ2) is 6.53. The molecular formula is C16H23N3. The summed E-state index contributed by atoms with van der Waals surface area (Å²) in [7, 11) is 1.96. The van der Waals surface area contributed by atoms with E-state index in [1.54, 1.807) is 0 Å². The summed E-state index contributed by atoms with van der Waals surface area (Å²) in [6.07, 6.45) is 6.14. The lowest BCUT2D eigenvalue weighted by molar-refractivity contribution is 0.521. The summed E-state index contributed by atoms with van der Waals surface area (Å²) < 4.78 is 1.87. The largest absolute Gasteiger partial charge is 0.314 e. The van der Waals surface area contributed by atoms with E-state index in [1.807, 2.05) is 17.9 Å². The number of nitrogens with zero attached hydrogens (tertiary/aromatic N) is 2. The molecule has 1 aromatic heterocycles. The molecule has 1 heterocycles. The second-order valence-electron chi connectivity index (χ2n) is 5.17.